The monoisotopic (exact) mass is 267 g/mol. The van der Waals surface area contributed by atoms with Gasteiger partial charge >= 0.3 is 5.97 Å². The van der Waals surface area contributed by atoms with Crippen molar-refractivity contribution in [1.82, 2.24) is 4.90 Å². The van der Waals surface area contributed by atoms with Crippen LogP contribution < -0.4 is 0 Å². The molecule has 4 nitrogen and oxygen atoms in total. The van der Waals surface area contributed by atoms with Crippen LogP contribution in [0.5, 0.6) is 0 Å². The minimum Gasteiger partial charge on any atom is -0.481 e. The molecule has 0 radical (unpaired) electrons. The lowest BCUT2D eigenvalue weighted by molar-refractivity contribution is -0.137. The lowest BCUT2D eigenvalue weighted by Gasteiger charge is -2.39. The van der Waals surface area contributed by atoms with Crippen molar-refractivity contribution < 1.29 is 14.7 Å². The Morgan fingerprint density at radius 2 is 1.89 bits per heavy atom. The molecular formula is C15H25NO3. The van der Waals surface area contributed by atoms with E-state index in [9.17, 15) is 9.59 Å². The van der Waals surface area contributed by atoms with Gasteiger partial charge in [-0.15, -0.1) is 0 Å². The molecule has 19 heavy (non-hydrogen) atoms. The van der Waals surface area contributed by atoms with Crippen LogP contribution >= 0.6 is 0 Å². The van der Waals surface area contributed by atoms with Crippen LogP contribution in [-0.4, -0.2) is 34.5 Å². The summed E-state index contributed by atoms with van der Waals surface area (Å²) in [5.41, 5.74) is 0.572. The summed E-state index contributed by atoms with van der Waals surface area (Å²) in [6, 6.07) is 0.367. The van der Waals surface area contributed by atoms with Gasteiger partial charge in [-0.1, -0.05) is 20.8 Å². The van der Waals surface area contributed by atoms with Gasteiger partial charge in [-0.25, -0.2) is 0 Å². The van der Waals surface area contributed by atoms with E-state index < -0.39 is 5.97 Å². The number of carboxylic acids is 1. The van der Waals surface area contributed by atoms with E-state index in [2.05, 4.69) is 20.8 Å². The fraction of sp³-hybridized carbons (Fsp3) is 0.867. The molecule has 0 aromatic carbocycles. The second-order valence-corrected chi connectivity index (χ2v) is 7.48. The zero-order valence-corrected chi connectivity index (χ0v) is 12.2. The van der Waals surface area contributed by atoms with E-state index in [0.29, 0.717) is 24.3 Å². The Kier molecular flexibility index (Phi) is 3.63. The minimum absolute atomic E-state index is 0.0903. The van der Waals surface area contributed by atoms with Crippen LogP contribution in [0.4, 0.5) is 0 Å². The number of fused-ring (bicyclic) bond motifs is 2. The molecule has 2 atom stereocenters. The van der Waals surface area contributed by atoms with Crippen molar-refractivity contribution >= 4 is 11.9 Å². The van der Waals surface area contributed by atoms with Crippen LogP contribution in [0.15, 0.2) is 0 Å². The van der Waals surface area contributed by atoms with Crippen molar-refractivity contribution in [2.75, 3.05) is 6.54 Å². The van der Waals surface area contributed by atoms with Crippen LogP contribution in [0.3, 0.4) is 0 Å². The predicted molar refractivity (Wildman–Crippen MR) is 72.7 cm³/mol. The molecule has 108 valence electrons. The molecule has 1 amide bonds. The minimum atomic E-state index is -0.818. The Morgan fingerprint density at radius 1 is 1.21 bits per heavy atom. The number of aliphatic carboxylic acids is 1. The van der Waals surface area contributed by atoms with Gasteiger partial charge in [0.1, 0.15) is 0 Å². The normalized spacial score (nSPS) is 32.4. The largest absolute Gasteiger partial charge is 0.481 e. The van der Waals surface area contributed by atoms with Crippen LogP contribution in [-0.2, 0) is 9.59 Å². The quantitative estimate of drug-likeness (QED) is 0.852. The maximum Gasteiger partial charge on any atom is 0.303 e. The predicted octanol–water partition coefficient (Wildman–Crippen LogP) is 2.67. The van der Waals surface area contributed by atoms with Gasteiger partial charge in [-0.3, -0.25) is 9.59 Å². The van der Waals surface area contributed by atoms with Crippen molar-refractivity contribution in [2.45, 2.75) is 65.3 Å². The van der Waals surface area contributed by atoms with E-state index in [1.54, 1.807) is 0 Å². The third-order valence-corrected chi connectivity index (χ3v) is 4.52. The maximum atomic E-state index is 12.3. The molecule has 0 spiro atoms. The molecule has 0 aromatic rings. The molecule has 2 rings (SSSR count). The molecule has 4 heteroatoms. The van der Waals surface area contributed by atoms with Gasteiger partial charge in [-0.05, 0) is 36.5 Å². The molecule has 0 unspecified atom stereocenters. The van der Waals surface area contributed by atoms with Crippen LogP contribution in [0, 0.1) is 10.8 Å². The van der Waals surface area contributed by atoms with E-state index in [1.165, 1.54) is 6.42 Å². The number of carboxylic acid groups (broad SMARTS) is 1. The fourth-order valence-electron chi connectivity index (χ4n) is 4.29. The van der Waals surface area contributed by atoms with E-state index in [-0.39, 0.29) is 17.7 Å². The highest BCUT2D eigenvalue weighted by Gasteiger charge is 2.50. The summed E-state index contributed by atoms with van der Waals surface area (Å²) in [7, 11) is 0. The zero-order valence-electron chi connectivity index (χ0n) is 12.2. The Balaban J connectivity index is 1.95. The van der Waals surface area contributed by atoms with Gasteiger partial charge in [0, 0.05) is 25.4 Å². The summed E-state index contributed by atoms with van der Waals surface area (Å²) in [4.78, 5) is 24.8. The number of rotatable bonds is 4. The third kappa shape index (κ3) is 3.28. The topological polar surface area (TPSA) is 57.6 Å². The summed E-state index contributed by atoms with van der Waals surface area (Å²) in [5, 5.41) is 8.63. The first kappa shape index (κ1) is 14.4. The van der Waals surface area contributed by atoms with Crippen molar-refractivity contribution in [3.8, 4) is 0 Å². The molecule has 1 N–H and O–H groups in total. The average Bonchev–Trinajstić information content (AvgIpc) is 2.47. The number of hydrogen-bond acceptors (Lipinski definition) is 2. The average molecular weight is 267 g/mol. The molecular weight excluding hydrogens is 242 g/mol. The molecule has 1 aliphatic heterocycles. The highest BCUT2D eigenvalue weighted by atomic mass is 16.4. The standard InChI is InChI=1S/C15H25NO3/c1-14(2)7-11-8-15(3,9-14)10-16(11)12(17)5-4-6-13(18)19/h11H,4-10H2,1-3H3,(H,18,19)/t11-,15+/m1/s1. The Labute approximate surface area is 115 Å². The van der Waals surface area contributed by atoms with Gasteiger partial charge < -0.3 is 10.0 Å². The highest BCUT2D eigenvalue weighted by Crippen LogP contribution is 2.52. The summed E-state index contributed by atoms with van der Waals surface area (Å²) >= 11 is 0. The van der Waals surface area contributed by atoms with Gasteiger partial charge in [0.15, 0.2) is 0 Å². The molecule has 1 saturated carbocycles. The van der Waals surface area contributed by atoms with Crippen LogP contribution in [0.1, 0.15) is 59.3 Å². The summed E-state index contributed by atoms with van der Waals surface area (Å²) in [6.45, 7) is 7.71. The highest BCUT2D eigenvalue weighted by molar-refractivity contribution is 5.77. The first-order valence-electron chi connectivity index (χ1n) is 7.22. The van der Waals surface area contributed by atoms with Gasteiger partial charge in [0.25, 0.3) is 0 Å². The maximum absolute atomic E-state index is 12.3. The molecule has 1 heterocycles. The smallest absolute Gasteiger partial charge is 0.303 e. The first-order chi connectivity index (χ1) is 8.71. The Hall–Kier alpha value is -1.06. The van der Waals surface area contributed by atoms with Gasteiger partial charge in [0.2, 0.25) is 5.91 Å². The number of nitrogens with zero attached hydrogens (tertiary/aromatic N) is 1. The second kappa shape index (κ2) is 4.80. The van der Waals surface area contributed by atoms with Crippen molar-refractivity contribution in [3.05, 3.63) is 0 Å². The molecule has 1 saturated heterocycles. The van der Waals surface area contributed by atoms with Crippen LogP contribution in [0.25, 0.3) is 0 Å². The van der Waals surface area contributed by atoms with E-state index in [1.807, 2.05) is 4.90 Å². The second-order valence-electron chi connectivity index (χ2n) is 7.48. The number of hydrogen-bond donors (Lipinski definition) is 1. The van der Waals surface area contributed by atoms with Crippen LogP contribution in [0.2, 0.25) is 0 Å². The summed E-state index contributed by atoms with van der Waals surface area (Å²) in [5.74, 6) is -0.672. The van der Waals surface area contributed by atoms with E-state index in [0.717, 1.165) is 19.4 Å². The Bertz CT molecular complexity index is 391. The lowest BCUT2D eigenvalue weighted by atomic mass is 9.65. The van der Waals surface area contributed by atoms with Crippen molar-refractivity contribution in [2.24, 2.45) is 10.8 Å². The van der Waals surface area contributed by atoms with E-state index in [4.69, 9.17) is 5.11 Å². The third-order valence-electron chi connectivity index (χ3n) is 4.52. The molecule has 2 aliphatic rings. The van der Waals surface area contributed by atoms with Crippen molar-refractivity contribution in [1.29, 1.82) is 0 Å². The van der Waals surface area contributed by atoms with Crippen molar-refractivity contribution in [3.63, 3.8) is 0 Å². The first-order valence-corrected chi connectivity index (χ1v) is 7.22. The number of carbonyl (C=O) groups is 2. The van der Waals surface area contributed by atoms with E-state index >= 15 is 0 Å². The molecule has 2 bridgehead atoms. The molecule has 1 aliphatic carbocycles. The summed E-state index contributed by atoms with van der Waals surface area (Å²) in [6.07, 6.45) is 4.29. The number of amides is 1. The lowest BCUT2D eigenvalue weighted by Crippen LogP contribution is -2.37. The number of likely N-dealkylation sites (tertiary alicyclic amines) is 1. The SMILES string of the molecule is CC1(C)C[C@@H]2C[C@](C)(CN2C(=O)CCCC(=O)O)C1. The molecule has 0 aromatic heterocycles. The fourth-order valence-corrected chi connectivity index (χ4v) is 4.29. The summed E-state index contributed by atoms with van der Waals surface area (Å²) < 4.78 is 0. The number of carbonyl (C=O) groups excluding carboxylic acids is 1. The Morgan fingerprint density at radius 3 is 2.53 bits per heavy atom. The zero-order chi connectivity index (χ0) is 14.3. The molecule has 2 fully saturated rings. The van der Waals surface area contributed by atoms with Gasteiger partial charge in [0.05, 0.1) is 0 Å². The van der Waals surface area contributed by atoms with Gasteiger partial charge in [-0.2, -0.15) is 0 Å².